The van der Waals surface area contributed by atoms with Crippen LogP contribution in [-0.4, -0.2) is 16.3 Å². The van der Waals surface area contributed by atoms with Crippen molar-refractivity contribution in [2.24, 2.45) is 5.92 Å². The van der Waals surface area contributed by atoms with Crippen LogP contribution in [0.2, 0.25) is 0 Å². The molecule has 0 radical (unpaired) electrons. The van der Waals surface area contributed by atoms with Crippen LogP contribution in [0, 0.1) is 16.7 Å². The second-order valence-corrected chi connectivity index (χ2v) is 3.01. The first-order chi connectivity index (χ1) is 6.20. The van der Waals surface area contributed by atoms with Crippen LogP contribution in [0.3, 0.4) is 0 Å². The number of nitrogens with zero attached hydrogens (tertiary/aromatic N) is 2. The zero-order valence-corrected chi connectivity index (χ0v) is 8.12. The Labute approximate surface area is 78.3 Å². The molecule has 4 nitrogen and oxygen atoms in total. The van der Waals surface area contributed by atoms with Gasteiger partial charge < -0.3 is 9.98 Å². The van der Waals surface area contributed by atoms with E-state index in [-0.39, 0.29) is 0 Å². The molecule has 1 heterocycles. The van der Waals surface area contributed by atoms with Crippen molar-refractivity contribution in [2.75, 3.05) is 0 Å². The SMILES string of the molecule is C=N.CC(C)Cn1ccncc1=N. The molecule has 1 aromatic heterocycles. The van der Waals surface area contributed by atoms with Crippen molar-refractivity contribution in [1.82, 2.24) is 9.55 Å². The summed E-state index contributed by atoms with van der Waals surface area (Å²) in [4.78, 5) is 3.84. The average molecular weight is 180 g/mol. The van der Waals surface area contributed by atoms with Gasteiger partial charge in [-0.05, 0) is 12.6 Å². The number of aromatic nitrogens is 2. The average Bonchev–Trinajstić information content (AvgIpc) is 2.12. The predicted molar refractivity (Wildman–Crippen MR) is 52.8 cm³/mol. The highest BCUT2D eigenvalue weighted by atomic mass is 15.0. The van der Waals surface area contributed by atoms with Crippen LogP contribution >= 0.6 is 0 Å². The van der Waals surface area contributed by atoms with Crippen molar-refractivity contribution in [3.8, 4) is 0 Å². The lowest BCUT2D eigenvalue weighted by Gasteiger charge is -2.07. The Kier molecular flexibility index (Phi) is 5.43. The molecule has 0 saturated carbocycles. The molecule has 13 heavy (non-hydrogen) atoms. The lowest BCUT2D eigenvalue weighted by molar-refractivity contribution is 0.501. The summed E-state index contributed by atoms with van der Waals surface area (Å²) in [6.07, 6.45) is 5.10. The first-order valence-electron chi connectivity index (χ1n) is 4.10. The topological polar surface area (TPSA) is 65.5 Å². The molecule has 0 aliphatic rings. The van der Waals surface area contributed by atoms with Gasteiger partial charge in [0.05, 0.1) is 6.20 Å². The number of hydrogen-bond donors (Lipinski definition) is 2. The molecule has 4 heteroatoms. The molecule has 0 fully saturated rings. The van der Waals surface area contributed by atoms with E-state index in [9.17, 15) is 0 Å². The molecule has 2 N–H and O–H groups in total. The van der Waals surface area contributed by atoms with Gasteiger partial charge in [0.1, 0.15) is 5.49 Å². The Balaban J connectivity index is 0.000000671. The maximum absolute atomic E-state index is 7.46. The Morgan fingerprint density at radius 3 is 2.62 bits per heavy atom. The smallest absolute Gasteiger partial charge is 0.143 e. The molecule has 0 aliphatic heterocycles. The van der Waals surface area contributed by atoms with Gasteiger partial charge in [0.25, 0.3) is 0 Å². The zero-order valence-electron chi connectivity index (χ0n) is 8.12. The molecular weight excluding hydrogens is 164 g/mol. The summed E-state index contributed by atoms with van der Waals surface area (Å²) in [5.74, 6) is 0.575. The van der Waals surface area contributed by atoms with Crippen molar-refractivity contribution in [3.05, 3.63) is 24.1 Å². The van der Waals surface area contributed by atoms with E-state index in [2.05, 4.69) is 25.5 Å². The third-order valence-electron chi connectivity index (χ3n) is 1.40. The van der Waals surface area contributed by atoms with E-state index < -0.39 is 0 Å². The second kappa shape index (κ2) is 6.11. The van der Waals surface area contributed by atoms with Crippen LogP contribution in [0.4, 0.5) is 0 Å². The van der Waals surface area contributed by atoms with Crippen molar-refractivity contribution in [1.29, 1.82) is 10.8 Å². The molecule has 0 saturated heterocycles. The summed E-state index contributed by atoms with van der Waals surface area (Å²) >= 11 is 0. The number of rotatable bonds is 2. The summed E-state index contributed by atoms with van der Waals surface area (Å²) in [6.45, 7) is 7.65. The summed E-state index contributed by atoms with van der Waals surface area (Å²) in [5.41, 5.74) is 0.473. The molecule has 0 spiro atoms. The van der Waals surface area contributed by atoms with E-state index in [0.29, 0.717) is 11.4 Å². The fraction of sp³-hybridized carbons (Fsp3) is 0.444. The van der Waals surface area contributed by atoms with E-state index in [4.69, 9.17) is 10.8 Å². The van der Waals surface area contributed by atoms with Crippen molar-refractivity contribution in [2.45, 2.75) is 20.4 Å². The molecule has 0 aromatic carbocycles. The second-order valence-electron chi connectivity index (χ2n) is 3.01. The summed E-state index contributed by atoms with van der Waals surface area (Å²) in [5, 5.41) is 13.0. The first kappa shape index (κ1) is 11.6. The highest BCUT2D eigenvalue weighted by molar-refractivity contribution is 5.15. The normalized spacial score (nSPS) is 9.15. The highest BCUT2D eigenvalue weighted by Crippen LogP contribution is 1.93. The molecule has 0 aliphatic carbocycles. The van der Waals surface area contributed by atoms with Crippen molar-refractivity contribution in [3.63, 3.8) is 0 Å². The summed E-state index contributed by atoms with van der Waals surface area (Å²) in [7, 11) is 0. The van der Waals surface area contributed by atoms with Crippen LogP contribution in [0.5, 0.6) is 0 Å². The third kappa shape index (κ3) is 4.20. The van der Waals surface area contributed by atoms with E-state index in [1.807, 2.05) is 10.8 Å². The van der Waals surface area contributed by atoms with Gasteiger partial charge in [0.15, 0.2) is 0 Å². The molecule has 0 atom stereocenters. The summed E-state index contributed by atoms with van der Waals surface area (Å²) in [6, 6.07) is 0. The van der Waals surface area contributed by atoms with Gasteiger partial charge >= 0.3 is 0 Å². The molecule has 0 unspecified atom stereocenters. The Morgan fingerprint density at radius 2 is 2.15 bits per heavy atom. The Bertz CT molecular complexity index is 290. The highest BCUT2D eigenvalue weighted by Gasteiger charge is 1.94. The molecular formula is C9H16N4. The van der Waals surface area contributed by atoms with Gasteiger partial charge in [-0.3, -0.25) is 10.4 Å². The maximum Gasteiger partial charge on any atom is 0.143 e. The van der Waals surface area contributed by atoms with Crippen LogP contribution in [-0.2, 0) is 6.54 Å². The number of nitrogens with one attached hydrogen (secondary N) is 2. The van der Waals surface area contributed by atoms with Gasteiger partial charge in [-0.1, -0.05) is 13.8 Å². The third-order valence-corrected chi connectivity index (χ3v) is 1.40. The Morgan fingerprint density at radius 1 is 1.54 bits per heavy atom. The van der Waals surface area contributed by atoms with Crippen molar-refractivity contribution < 1.29 is 0 Å². The largest absolute Gasteiger partial charge is 0.330 e. The lowest BCUT2D eigenvalue weighted by atomic mass is 10.2. The minimum Gasteiger partial charge on any atom is -0.330 e. The quantitative estimate of drug-likeness (QED) is 0.661. The van der Waals surface area contributed by atoms with Gasteiger partial charge in [-0.25, -0.2) is 0 Å². The minimum atomic E-state index is 0.473. The van der Waals surface area contributed by atoms with Crippen molar-refractivity contribution >= 4 is 6.72 Å². The minimum absolute atomic E-state index is 0.473. The van der Waals surface area contributed by atoms with Gasteiger partial charge in [0, 0.05) is 18.9 Å². The fourth-order valence-corrected chi connectivity index (χ4v) is 0.940. The molecule has 1 rings (SSSR count). The van der Waals surface area contributed by atoms with E-state index in [1.54, 1.807) is 12.4 Å². The zero-order chi connectivity index (χ0) is 10.3. The fourth-order valence-electron chi connectivity index (χ4n) is 0.940. The van der Waals surface area contributed by atoms with E-state index in [1.165, 1.54) is 0 Å². The van der Waals surface area contributed by atoms with Gasteiger partial charge in [0.2, 0.25) is 0 Å². The van der Waals surface area contributed by atoms with Gasteiger partial charge in [-0.15, -0.1) is 0 Å². The standard InChI is InChI=1S/C8H13N3.CH3N/c1-7(2)6-11-4-3-10-5-8(11)9;1-2/h3-5,7,9H,6H2,1-2H3;2H,1H2. The molecule has 72 valence electrons. The lowest BCUT2D eigenvalue weighted by Crippen LogP contribution is -2.21. The number of hydrogen-bond acceptors (Lipinski definition) is 3. The Hall–Kier alpha value is -1.45. The van der Waals surface area contributed by atoms with E-state index >= 15 is 0 Å². The van der Waals surface area contributed by atoms with Gasteiger partial charge in [-0.2, -0.15) is 0 Å². The molecule has 1 aromatic rings. The van der Waals surface area contributed by atoms with Crippen LogP contribution < -0.4 is 5.49 Å². The first-order valence-corrected chi connectivity index (χ1v) is 4.10. The maximum atomic E-state index is 7.46. The van der Waals surface area contributed by atoms with Crippen LogP contribution in [0.25, 0.3) is 0 Å². The summed E-state index contributed by atoms with van der Waals surface area (Å²) < 4.78 is 1.89. The van der Waals surface area contributed by atoms with Crippen LogP contribution in [0.15, 0.2) is 18.6 Å². The predicted octanol–water partition coefficient (Wildman–Crippen LogP) is 1.28. The van der Waals surface area contributed by atoms with Crippen LogP contribution in [0.1, 0.15) is 13.8 Å². The molecule has 0 bridgehead atoms. The monoisotopic (exact) mass is 180 g/mol. The molecule has 0 amide bonds. The van der Waals surface area contributed by atoms with E-state index in [0.717, 1.165) is 6.54 Å².